The van der Waals surface area contributed by atoms with E-state index in [-0.39, 0.29) is 5.75 Å². The maximum Gasteiger partial charge on any atom is 0.362 e. The molecule has 1 aliphatic rings. The molecule has 0 saturated heterocycles. The first-order chi connectivity index (χ1) is 12.3. The zero-order chi connectivity index (χ0) is 18.9. The van der Waals surface area contributed by atoms with Crippen LogP contribution in [0.15, 0.2) is 17.6 Å². The van der Waals surface area contributed by atoms with Crippen LogP contribution in [0.2, 0.25) is 0 Å². The summed E-state index contributed by atoms with van der Waals surface area (Å²) >= 11 is 1.41. The molecule has 1 aliphatic carbocycles. The first kappa shape index (κ1) is 19.0. The molecule has 9 nitrogen and oxygen atoms in total. The number of carbonyl (C=O) groups excluding carboxylic acids is 1. The summed E-state index contributed by atoms with van der Waals surface area (Å²) in [5.41, 5.74) is 3.78. The Bertz CT molecular complexity index is 875. The van der Waals surface area contributed by atoms with E-state index in [0.717, 1.165) is 4.88 Å². The summed E-state index contributed by atoms with van der Waals surface area (Å²) in [6, 6.07) is 2.17. The van der Waals surface area contributed by atoms with Crippen LogP contribution in [-0.4, -0.2) is 56.5 Å². The van der Waals surface area contributed by atoms with Gasteiger partial charge in [-0.25, -0.2) is 4.98 Å². The molecule has 26 heavy (non-hydrogen) atoms. The molecule has 1 aromatic heterocycles. The van der Waals surface area contributed by atoms with Gasteiger partial charge >= 0.3 is 7.60 Å². The Kier molecular flexibility index (Phi) is 5.42. The second kappa shape index (κ2) is 7.43. The molecular weight excluding hydrogens is 383 g/mol. The number of aliphatic hydroxyl groups excluding tert-OH is 2. The average molecular weight is 400 g/mol. The van der Waals surface area contributed by atoms with Crippen molar-refractivity contribution in [3.05, 3.63) is 33.6 Å². The minimum atomic E-state index is -4.36. The van der Waals surface area contributed by atoms with Crippen LogP contribution in [0.25, 0.3) is 11.3 Å². The molecule has 0 atom stereocenters. The van der Waals surface area contributed by atoms with Crippen LogP contribution < -0.4 is 10.1 Å². The molecule has 1 heterocycles. The van der Waals surface area contributed by atoms with Crippen LogP contribution in [-0.2, 0) is 11.0 Å². The van der Waals surface area contributed by atoms with Gasteiger partial charge in [0, 0.05) is 22.4 Å². The maximum absolute atomic E-state index is 12.5. The molecule has 1 amide bonds. The van der Waals surface area contributed by atoms with E-state index in [1.165, 1.54) is 23.5 Å². The van der Waals surface area contributed by atoms with Gasteiger partial charge in [0.15, 0.2) is 6.35 Å². The molecule has 0 aliphatic heterocycles. The Morgan fingerprint density at radius 1 is 1.35 bits per heavy atom. The third-order valence-electron chi connectivity index (χ3n) is 3.90. The predicted molar refractivity (Wildman–Crippen MR) is 93.3 cm³/mol. The summed E-state index contributed by atoms with van der Waals surface area (Å²) in [4.78, 5) is 35.8. The Morgan fingerprint density at radius 3 is 2.73 bits per heavy atom. The van der Waals surface area contributed by atoms with Crippen molar-refractivity contribution in [2.45, 2.75) is 12.5 Å². The molecule has 0 radical (unpaired) electrons. The first-order valence-corrected chi connectivity index (χ1v) is 10.3. The second-order valence-electron chi connectivity index (χ2n) is 5.74. The molecule has 140 valence electrons. The Balaban J connectivity index is 1.98. The van der Waals surface area contributed by atoms with Crippen molar-refractivity contribution in [3.8, 4) is 17.0 Å². The van der Waals surface area contributed by atoms with E-state index < -0.39 is 39.1 Å². The average Bonchev–Trinajstić information content (AvgIpc) is 3.17. The normalized spacial score (nSPS) is 12.8. The molecule has 11 heteroatoms. The summed E-state index contributed by atoms with van der Waals surface area (Å²) in [5, 5.41) is 20.8. The number of rotatable bonds is 7. The third kappa shape index (κ3) is 3.80. The standard InChI is InChI=1S/C15H17N2O7PS/c18-4-8(5-19)17-15(20)9-1-2-11(24-7-25(21,22)23)13-10(9)3-12-14(13)16-6-26-12/h1-2,6,8,18-19H,3-5,7H2,(H,17,20)(H2,21,22,23). The van der Waals surface area contributed by atoms with E-state index in [1.807, 2.05) is 0 Å². The fraction of sp³-hybridized carbons (Fsp3) is 0.333. The molecule has 5 N–H and O–H groups in total. The minimum absolute atomic E-state index is 0.241. The van der Waals surface area contributed by atoms with Gasteiger partial charge in [-0.3, -0.25) is 9.36 Å². The van der Waals surface area contributed by atoms with E-state index in [0.29, 0.717) is 28.8 Å². The highest BCUT2D eigenvalue weighted by atomic mass is 32.1. The topological polar surface area (TPSA) is 149 Å². The van der Waals surface area contributed by atoms with Crippen LogP contribution in [0.5, 0.6) is 5.75 Å². The number of fused-ring (bicyclic) bond motifs is 3. The summed E-state index contributed by atoms with van der Waals surface area (Å²) in [6.07, 6.45) is -0.338. The lowest BCUT2D eigenvalue weighted by Gasteiger charge is -2.17. The number of nitrogens with zero attached hydrogens (tertiary/aromatic N) is 1. The first-order valence-electron chi connectivity index (χ1n) is 7.62. The molecule has 3 rings (SSSR count). The van der Waals surface area contributed by atoms with Crippen molar-refractivity contribution >= 4 is 24.8 Å². The quantitative estimate of drug-likeness (QED) is 0.356. The number of aliphatic hydroxyl groups is 2. The summed E-state index contributed by atoms with van der Waals surface area (Å²) in [5.74, 6) is -0.226. The van der Waals surface area contributed by atoms with Gasteiger partial charge in [-0.1, -0.05) is 0 Å². The van der Waals surface area contributed by atoms with Crippen LogP contribution >= 0.6 is 18.9 Å². The molecule has 2 aromatic rings. The molecular formula is C15H17N2O7PS. The Morgan fingerprint density at radius 2 is 2.08 bits per heavy atom. The van der Waals surface area contributed by atoms with Gasteiger partial charge < -0.3 is 30.1 Å². The number of hydrogen-bond acceptors (Lipinski definition) is 7. The number of hydrogen-bond donors (Lipinski definition) is 5. The lowest BCUT2D eigenvalue weighted by molar-refractivity contribution is 0.0878. The predicted octanol–water partition coefficient (Wildman–Crippen LogP) is 0.311. The largest absolute Gasteiger partial charge is 0.480 e. The monoisotopic (exact) mass is 400 g/mol. The van der Waals surface area contributed by atoms with Crippen molar-refractivity contribution in [2.75, 3.05) is 19.6 Å². The van der Waals surface area contributed by atoms with Gasteiger partial charge in [-0.05, 0) is 17.7 Å². The van der Waals surface area contributed by atoms with Gasteiger partial charge in [-0.15, -0.1) is 11.3 Å². The van der Waals surface area contributed by atoms with Crippen molar-refractivity contribution < 1.29 is 34.1 Å². The van der Waals surface area contributed by atoms with Crippen LogP contribution in [0.1, 0.15) is 20.8 Å². The van der Waals surface area contributed by atoms with Crippen molar-refractivity contribution in [3.63, 3.8) is 0 Å². The number of nitrogens with one attached hydrogen (secondary N) is 1. The SMILES string of the molecule is O=C(NC(CO)CO)c1ccc(OCP(=O)(O)O)c2c1Cc1scnc1-2. The zero-order valence-electron chi connectivity index (χ0n) is 13.5. The minimum Gasteiger partial charge on any atom is -0.480 e. The van der Waals surface area contributed by atoms with Crippen molar-refractivity contribution in [2.24, 2.45) is 0 Å². The number of aromatic nitrogens is 1. The summed E-state index contributed by atoms with van der Waals surface area (Å²) in [7, 11) is -4.36. The van der Waals surface area contributed by atoms with E-state index in [2.05, 4.69) is 10.3 Å². The van der Waals surface area contributed by atoms with E-state index in [4.69, 9.17) is 24.7 Å². The number of carbonyl (C=O) groups is 1. The number of ether oxygens (including phenoxy) is 1. The zero-order valence-corrected chi connectivity index (χ0v) is 15.2. The fourth-order valence-electron chi connectivity index (χ4n) is 2.73. The number of thiazole rings is 1. The lowest BCUT2D eigenvalue weighted by atomic mass is 10.0. The van der Waals surface area contributed by atoms with Crippen LogP contribution in [0.4, 0.5) is 0 Å². The molecule has 1 aromatic carbocycles. The van der Waals surface area contributed by atoms with Crippen molar-refractivity contribution in [1.82, 2.24) is 10.3 Å². The highest BCUT2D eigenvalue weighted by molar-refractivity contribution is 7.51. The molecule has 0 bridgehead atoms. The molecule has 0 fully saturated rings. The van der Waals surface area contributed by atoms with Gasteiger partial charge in [0.2, 0.25) is 0 Å². The Hall–Kier alpha value is -1.81. The smallest absolute Gasteiger partial charge is 0.362 e. The molecule has 0 spiro atoms. The van der Waals surface area contributed by atoms with Crippen LogP contribution in [0, 0.1) is 0 Å². The Labute approximate surface area is 152 Å². The summed E-state index contributed by atoms with van der Waals surface area (Å²) in [6.45, 7) is -0.800. The van der Waals surface area contributed by atoms with Gasteiger partial charge in [0.25, 0.3) is 5.91 Å². The fourth-order valence-corrected chi connectivity index (χ4v) is 3.82. The van der Waals surface area contributed by atoms with Gasteiger partial charge in [0.1, 0.15) is 5.75 Å². The maximum atomic E-state index is 12.5. The second-order valence-corrected chi connectivity index (χ2v) is 8.27. The van der Waals surface area contributed by atoms with Gasteiger partial charge in [-0.2, -0.15) is 0 Å². The van der Waals surface area contributed by atoms with Crippen molar-refractivity contribution in [1.29, 1.82) is 0 Å². The molecule has 0 saturated carbocycles. The summed E-state index contributed by atoms with van der Waals surface area (Å²) < 4.78 is 16.4. The van der Waals surface area contributed by atoms with Crippen LogP contribution in [0.3, 0.4) is 0 Å². The third-order valence-corrected chi connectivity index (χ3v) is 5.20. The van der Waals surface area contributed by atoms with E-state index >= 15 is 0 Å². The van der Waals surface area contributed by atoms with E-state index in [1.54, 1.807) is 5.51 Å². The number of benzene rings is 1. The molecule has 0 unspecified atom stereocenters. The van der Waals surface area contributed by atoms with E-state index in [9.17, 15) is 9.36 Å². The lowest BCUT2D eigenvalue weighted by Crippen LogP contribution is -2.40. The highest BCUT2D eigenvalue weighted by Gasteiger charge is 2.30. The van der Waals surface area contributed by atoms with Gasteiger partial charge in [0.05, 0.1) is 30.5 Å². The number of amides is 1. The highest BCUT2D eigenvalue weighted by Crippen LogP contribution is 2.46.